The summed E-state index contributed by atoms with van der Waals surface area (Å²) in [5.41, 5.74) is 6.74. The molecule has 0 fully saturated rings. The van der Waals surface area contributed by atoms with Crippen molar-refractivity contribution in [2.24, 2.45) is 12.5 Å². The highest BCUT2D eigenvalue weighted by atomic mass is 28.3. The van der Waals surface area contributed by atoms with Crippen LogP contribution in [0.2, 0.25) is 19.6 Å². The maximum atomic E-state index is 6.97. The molecular weight excluding hydrogens is 418 g/mol. The molecule has 5 rings (SSSR count). The third-order valence-electron chi connectivity index (χ3n) is 6.87. The van der Waals surface area contributed by atoms with Gasteiger partial charge in [0, 0.05) is 6.07 Å². The summed E-state index contributed by atoms with van der Waals surface area (Å²) in [5, 5.41) is 6.66. The monoisotopic (exact) mass is 454 g/mol. The minimum atomic E-state index is -1.73. The van der Waals surface area contributed by atoms with Crippen molar-refractivity contribution < 1.29 is 9.30 Å². The fourth-order valence-electron chi connectivity index (χ4n) is 5.61. The third kappa shape index (κ3) is 3.58. The number of fused-ring (bicyclic) bond motifs is 3. The van der Waals surface area contributed by atoms with Crippen molar-refractivity contribution in [3.63, 3.8) is 0 Å². The van der Waals surface area contributed by atoms with Gasteiger partial charge in [0.25, 0.3) is 0 Å². The summed E-state index contributed by atoms with van der Waals surface area (Å²) in [6.45, 7) is 18.7. The Hall–Kier alpha value is -2.65. The molecule has 0 bridgehead atoms. The van der Waals surface area contributed by atoms with E-state index in [0.717, 1.165) is 17.9 Å². The molecule has 0 spiro atoms. The van der Waals surface area contributed by atoms with E-state index in [1.165, 1.54) is 54.7 Å². The molecule has 1 aliphatic rings. The first-order valence-corrected chi connectivity index (χ1v) is 15.6. The Labute approximate surface area is 199 Å². The van der Waals surface area contributed by atoms with Crippen LogP contribution in [0.4, 0.5) is 0 Å². The van der Waals surface area contributed by atoms with Crippen LogP contribution >= 0.6 is 0 Å². The third-order valence-corrected chi connectivity index (χ3v) is 8.87. The molecule has 0 N–H and O–H groups in total. The highest BCUT2D eigenvalue weighted by molar-refractivity contribution is 6.91. The van der Waals surface area contributed by atoms with Gasteiger partial charge in [0.2, 0.25) is 5.69 Å². The molecule has 1 aliphatic heterocycles. The number of benzene rings is 3. The van der Waals surface area contributed by atoms with Crippen LogP contribution in [-0.2, 0) is 13.5 Å². The van der Waals surface area contributed by atoms with Crippen LogP contribution in [0.3, 0.4) is 0 Å². The summed E-state index contributed by atoms with van der Waals surface area (Å²) in [6, 6.07) is 13.8. The average Bonchev–Trinajstić information content (AvgIpc) is 2.67. The number of aryl methyl sites for hydroxylation is 3. The molecular formula is C30H36NOSi+. The Morgan fingerprint density at radius 3 is 2.33 bits per heavy atom. The smallest absolute Gasteiger partial charge is 0.228 e. The number of ether oxygens (including phenoxy) is 1. The van der Waals surface area contributed by atoms with Crippen LogP contribution < -0.4 is 14.5 Å². The second-order valence-electron chi connectivity index (χ2n) is 12.2. The van der Waals surface area contributed by atoms with Crippen molar-refractivity contribution in [1.29, 1.82) is 0 Å². The van der Waals surface area contributed by atoms with E-state index in [9.17, 15) is 0 Å². The quantitative estimate of drug-likeness (QED) is 0.201. The van der Waals surface area contributed by atoms with E-state index in [0.29, 0.717) is 0 Å². The molecule has 0 radical (unpaired) electrons. The molecule has 0 saturated carbocycles. The van der Waals surface area contributed by atoms with Gasteiger partial charge in [-0.25, -0.2) is 4.57 Å². The van der Waals surface area contributed by atoms with E-state index in [1.54, 1.807) is 0 Å². The summed E-state index contributed by atoms with van der Waals surface area (Å²) in [6.07, 6.45) is 3.24. The van der Waals surface area contributed by atoms with E-state index in [2.05, 4.69) is 108 Å². The van der Waals surface area contributed by atoms with Crippen LogP contribution in [0.5, 0.6) is 11.5 Å². The van der Waals surface area contributed by atoms with Crippen LogP contribution in [0.15, 0.2) is 42.6 Å². The highest BCUT2D eigenvalue weighted by Gasteiger charge is 2.36. The molecule has 0 atom stereocenters. The van der Waals surface area contributed by atoms with Crippen LogP contribution in [0, 0.1) is 19.3 Å². The Morgan fingerprint density at radius 1 is 0.939 bits per heavy atom. The van der Waals surface area contributed by atoms with Gasteiger partial charge in [-0.1, -0.05) is 70.2 Å². The molecule has 0 amide bonds. The van der Waals surface area contributed by atoms with Crippen LogP contribution in [0.25, 0.3) is 32.8 Å². The fourth-order valence-corrected chi connectivity index (χ4v) is 7.48. The van der Waals surface area contributed by atoms with Crippen LogP contribution in [0.1, 0.15) is 37.5 Å². The maximum absolute atomic E-state index is 6.97. The molecule has 1 aromatic heterocycles. The minimum absolute atomic E-state index is 0.225. The van der Waals surface area contributed by atoms with Gasteiger partial charge in [0.05, 0.1) is 19.0 Å². The zero-order valence-electron chi connectivity index (χ0n) is 21.6. The number of hydrogen-bond donors (Lipinski definition) is 0. The lowest BCUT2D eigenvalue weighted by Gasteiger charge is -2.30. The molecule has 33 heavy (non-hydrogen) atoms. The van der Waals surface area contributed by atoms with Crippen molar-refractivity contribution in [1.82, 2.24) is 0 Å². The Morgan fingerprint density at radius 2 is 1.67 bits per heavy atom. The first-order chi connectivity index (χ1) is 15.3. The van der Waals surface area contributed by atoms with Gasteiger partial charge in [-0.15, -0.1) is 0 Å². The molecule has 2 nitrogen and oxygen atoms in total. The number of pyridine rings is 1. The van der Waals surface area contributed by atoms with Gasteiger partial charge in [0.15, 0.2) is 6.20 Å². The molecule has 4 aromatic rings. The molecule has 2 heterocycles. The van der Waals surface area contributed by atoms with Gasteiger partial charge in [-0.2, -0.15) is 0 Å². The molecule has 3 heteroatoms. The highest BCUT2D eigenvalue weighted by Crippen LogP contribution is 2.48. The van der Waals surface area contributed by atoms with Crippen molar-refractivity contribution >= 4 is 34.8 Å². The zero-order valence-corrected chi connectivity index (χ0v) is 22.6. The Kier molecular flexibility index (Phi) is 4.81. The predicted molar refractivity (Wildman–Crippen MR) is 144 cm³/mol. The second-order valence-corrected chi connectivity index (χ2v) is 17.2. The lowest BCUT2D eigenvalue weighted by molar-refractivity contribution is -0.659. The normalized spacial score (nSPS) is 13.4. The summed E-state index contributed by atoms with van der Waals surface area (Å²) in [5.74, 6) is 2.10. The first-order valence-electron chi connectivity index (χ1n) is 12.1. The fraction of sp³-hybridized carbons (Fsp3) is 0.367. The van der Waals surface area contributed by atoms with Crippen molar-refractivity contribution in [2.45, 2.75) is 60.7 Å². The number of nitrogens with zero attached hydrogens (tertiary/aromatic N) is 1. The van der Waals surface area contributed by atoms with Crippen LogP contribution in [-0.4, -0.2) is 8.07 Å². The SMILES string of the molecule is Cc1ccc2c(C)c3c(c([Si](C)(C)C)c2c1)Oc1cc(CC(C)(C)C)cc2cc[n+](C)c-3c12. The summed E-state index contributed by atoms with van der Waals surface area (Å²) in [7, 11) is 0.440. The number of rotatable bonds is 2. The first kappa shape index (κ1) is 22.2. The predicted octanol–water partition coefficient (Wildman–Crippen LogP) is 7.34. The number of aromatic nitrogens is 1. The van der Waals surface area contributed by atoms with E-state index in [1.807, 2.05) is 0 Å². The van der Waals surface area contributed by atoms with Gasteiger partial charge in [-0.3, -0.25) is 0 Å². The summed E-state index contributed by atoms with van der Waals surface area (Å²) in [4.78, 5) is 0. The van der Waals surface area contributed by atoms with Gasteiger partial charge in [-0.05, 0) is 64.2 Å². The molecule has 3 aromatic carbocycles. The van der Waals surface area contributed by atoms with Crippen molar-refractivity contribution in [2.75, 3.05) is 0 Å². The lowest BCUT2D eigenvalue weighted by atomic mass is 9.86. The molecule has 0 aliphatic carbocycles. The average molecular weight is 455 g/mol. The second kappa shape index (κ2) is 7.17. The van der Waals surface area contributed by atoms with E-state index >= 15 is 0 Å². The van der Waals surface area contributed by atoms with E-state index in [4.69, 9.17) is 4.74 Å². The van der Waals surface area contributed by atoms with Crippen molar-refractivity contribution in [3.05, 3.63) is 59.3 Å². The molecule has 0 unspecified atom stereocenters. The minimum Gasteiger partial charge on any atom is -0.456 e. The summed E-state index contributed by atoms with van der Waals surface area (Å²) < 4.78 is 9.26. The van der Waals surface area contributed by atoms with E-state index in [-0.39, 0.29) is 5.41 Å². The Balaban J connectivity index is 1.94. The van der Waals surface area contributed by atoms with E-state index < -0.39 is 8.07 Å². The van der Waals surface area contributed by atoms with Gasteiger partial charge in [0.1, 0.15) is 18.5 Å². The summed E-state index contributed by atoms with van der Waals surface area (Å²) >= 11 is 0. The number of hydrogen-bond acceptors (Lipinski definition) is 1. The van der Waals surface area contributed by atoms with Gasteiger partial charge < -0.3 is 4.74 Å². The maximum Gasteiger partial charge on any atom is 0.228 e. The topological polar surface area (TPSA) is 13.1 Å². The zero-order chi connectivity index (χ0) is 23.9. The molecule has 0 saturated heterocycles. The molecule has 170 valence electrons. The largest absolute Gasteiger partial charge is 0.456 e. The van der Waals surface area contributed by atoms with Crippen molar-refractivity contribution in [3.8, 4) is 22.8 Å². The lowest BCUT2D eigenvalue weighted by Crippen LogP contribution is -2.41. The standard InChI is InChI=1S/C30H36NOSi/c1-18-10-11-22-19(2)25-27-26-21(12-13-31(27)6)15-20(17-30(3,4)5)16-24(26)32-28(25)29(23(22)14-18)33(7,8)9/h10-16H,17H2,1-9H3/q+1. The Bertz CT molecular complexity index is 1450. The van der Waals surface area contributed by atoms with Gasteiger partial charge >= 0.3 is 0 Å².